The van der Waals surface area contributed by atoms with Crippen molar-refractivity contribution in [2.24, 2.45) is 0 Å². The van der Waals surface area contributed by atoms with E-state index in [9.17, 15) is 0 Å². The summed E-state index contributed by atoms with van der Waals surface area (Å²) >= 11 is 0. The van der Waals surface area contributed by atoms with Crippen molar-refractivity contribution in [1.29, 1.82) is 0 Å². The van der Waals surface area contributed by atoms with E-state index in [4.69, 9.17) is 14.2 Å². The molecule has 2 aliphatic heterocycles. The molecule has 0 aromatic heterocycles. The van der Waals surface area contributed by atoms with Crippen molar-refractivity contribution in [1.82, 2.24) is 4.90 Å². The van der Waals surface area contributed by atoms with Gasteiger partial charge in [-0.3, -0.25) is 4.90 Å². The fourth-order valence-corrected chi connectivity index (χ4v) is 5.61. The first-order valence-electron chi connectivity index (χ1n) is 12.4. The molecule has 0 N–H and O–H groups in total. The average Bonchev–Trinajstić information content (AvgIpc) is 3.37. The quantitative estimate of drug-likeness (QED) is 0.367. The van der Waals surface area contributed by atoms with Crippen LogP contribution >= 0.6 is 12.4 Å². The first-order chi connectivity index (χ1) is 16.5. The maximum absolute atomic E-state index is 6.60. The number of benzene rings is 3. The van der Waals surface area contributed by atoms with Crippen molar-refractivity contribution < 1.29 is 14.2 Å². The van der Waals surface area contributed by atoms with E-state index < -0.39 is 5.60 Å². The Morgan fingerprint density at radius 2 is 1.57 bits per heavy atom. The van der Waals surface area contributed by atoms with Crippen molar-refractivity contribution in [2.45, 2.75) is 44.1 Å². The Morgan fingerprint density at radius 3 is 2.26 bits per heavy atom. The zero-order chi connectivity index (χ0) is 23.5. The minimum atomic E-state index is -0.393. The number of rotatable bonds is 7. The summed E-state index contributed by atoms with van der Waals surface area (Å²) in [6.07, 6.45) is 2.62. The van der Waals surface area contributed by atoms with E-state index in [0.717, 1.165) is 30.4 Å². The van der Waals surface area contributed by atoms with Crippen LogP contribution in [0.25, 0.3) is 0 Å². The number of fused-ring (bicyclic) bond motifs is 1. The second kappa shape index (κ2) is 10.9. The molecule has 2 atom stereocenters. The second-order valence-corrected chi connectivity index (χ2v) is 9.94. The van der Waals surface area contributed by atoms with Gasteiger partial charge in [-0.2, -0.15) is 0 Å². The zero-order valence-corrected chi connectivity index (χ0v) is 21.7. The zero-order valence-electron chi connectivity index (χ0n) is 20.9. The average molecular weight is 494 g/mol. The minimum absolute atomic E-state index is 0. The predicted molar refractivity (Wildman–Crippen MR) is 144 cm³/mol. The van der Waals surface area contributed by atoms with E-state index in [0.29, 0.717) is 0 Å². The normalized spacial score (nSPS) is 20.9. The summed E-state index contributed by atoms with van der Waals surface area (Å²) in [4.78, 5) is 2.48. The lowest BCUT2D eigenvalue weighted by Crippen LogP contribution is -2.43. The topological polar surface area (TPSA) is 30.9 Å². The first-order valence-corrected chi connectivity index (χ1v) is 12.4. The van der Waals surface area contributed by atoms with Crippen LogP contribution in [0.2, 0.25) is 0 Å². The van der Waals surface area contributed by atoms with Gasteiger partial charge in [-0.15, -0.1) is 12.4 Å². The third-order valence-corrected chi connectivity index (χ3v) is 7.28. The molecule has 5 heteroatoms. The number of nitrogens with zero attached hydrogens (tertiary/aromatic N) is 1. The van der Waals surface area contributed by atoms with E-state index in [1.165, 1.54) is 42.6 Å². The molecule has 0 bridgehead atoms. The Labute approximate surface area is 215 Å². The van der Waals surface area contributed by atoms with Crippen molar-refractivity contribution in [3.63, 3.8) is 0 Å². The molecule has 0 amide bonds. The van der Waals surface area contributed by atoms with Crippen LogP contribution in [0.3, 0.4) is 0 Å². The number of halogens is 1. The van der Waals surface area contributed by atoms with Crippen molar-refractivity contribution in [2.75, 3.05) is 33.4 Å². The lowest BCUT2D eigenvalue weighted by atomic mass is 9.68. The van der Waals surface area contributed by atoms with Crippen molar-refractivity contribution in [3.8, 4) is 17.2 Å². The molecular formula is C30H36ClNO3. The molecule has 2 aliphatic rings. The highest BCUT2D eigenvalue weighted by Crippen LogP contribution is 2.53. The lowest BCUT2D eigenvalue weighted by Gasteiger charge is -2.45. The van der Waals surface area contributed by atoms with Crippen LogP contribution in [0.1, 0.15) is 55.2 Å². The fraction of sp³-hybridized carbons (Fsp3) is 0.400. The molecular weight excluding hydrogens is 458 g/mol. The molecule has 2 heterocycles. The summed E-state index contributed by atoms with van der Waals surface area (Å²) in [5.41, 5.74) is 3.35. The van der Waals surface area contributed by atoms with Gasteiger partial charge in [0.05, 0.1) is 7.11 Å². The fourth-order valence-electron chi connectivity index (χ4n) is 5.61. The maximum Gasteiger partial charge on any atom is 0.127 e. The van der Waals surface area contributed by atoms with Crippen LogP contribution in [0.5, 0.6) is 17.2 Å². The molecule has 5 rings (SSSR count). The minimum Gasteiger partial charge on any atom is -0.497 e. The van der Waals surface area contributed by atoms with Gasteiger partial charge >= 0.3 is 0 Å². The van der Waals surface area contributed by atoms with Gasteiger partial charge in [-0.1, -0.05) is 48.5 Å². The molecule has 3 aromatic rings. The van der Waals surface area contributed by atoms with Gasteiger partial charge in [0.15, 0.2) is 0 Å². The Balaban J connectivity index is 0.00000289. The number of methoxy groups -OCH3 is 1. The van der Waals surface area contributed by atoms with Gasteiger partial charge in [0.25, 0.3) is 0 Å². The molecule has 0 unspecified atom stereocenters. The Kier molecular flexibility index (Phi) is 7.93. The van der Waals surface area contributed by atoms with Crippen molar-refractivity contribution in [3.05, 3.63) is 89.5 Å². The van der Waals surface area contributed by atoms with Crippen molar-refractivity contribution >= 4 is 12.4 Å². The van der Waals surface area contributed by atoms with Gasteiger partial charge in [0.1, 0.15) is 29.5 Å². The molecule has 4 nitrogen and oxygen atoms in total. The summed E-state index contributed by atoms with van der Waals surface area (Å²) in [7, 11) is 1.70. The van der Waals surface area contributed by atoms with Crippen LogP contribution in [0, 0.1) is 0 Å². The summed E-state index contributed by atoms with van der Waals surface area (Å²) in [5, 5.41) is 0. The van der Waals surface area contributed by atoms with Gasteiger partial charge < -0.3 is 14.2 Å². The molecule has 1 saturated heterocycles. The number of hydrogen-bond donors (Lipinski definition) is 0. The highest BCUT2D eigenvalue weighted by molar-refractivity contribution is 5.85. The largest absolute Gasteiger partial charge is 0.497 e. The van der Waals surface area contributed by atoms with Gasteiger partial charge in [0, 0.05) is 30.0 Å². The van der Waals surface area contributed by atoms with Gasteiger partial charge in [0.2, 0.25) is 0 Å². The predicted octanol–water partition coefficient (Wildman–Crippen LogP) is 6.68. The number of likely N-dealkylation sites (tertiary alicyclic amines) is 1. The van der Waals surface area contributed by atoms with Crippen LogP contribution in [0.4, 0.5) is 0 Å². The smallest absolute Gasteiger partial charge is 0.127 e. The SMILES string of the molecule is COc1ccc2c(c1)OC(C)(C)[C@H](c1ccccc1)[C@@H]2c1ccc(OCCN2CCCC2)cc1.Cl. The summed E-state index contributed by atoms with van der Waals surface area (Å²) in [6.45, 7) is 8.52. The lowest BCUT2D eigenvalue weighted by molar-refractivity contribution is 0.0528. The maximum atomic E-state index is 6.60. The van der Waals surface area contributed by atoms with E-state index >= 15 is 0 Å². The van der Waals surface area contributed by atoms with Crippen LogP contribution < -0.4 is 14.2 Å². The first kappa shape index (κ1) is 25.4. The van der Waals surface area contributed by atoms with E-state index in [2.05, 4.69) is 79.4 Å². The Hall–Kier alpha value is -2.69. The van der Waals surface area contributed by atoms with Crippen LogP contribution in [-0.2, 0) is 0 Å². The molecule has 0 saturated carbocycles. The molecule has 1 fully saturated rings. The van der Waals surface area contributed by atoms with Crippen LogP contribution in [0.15, 0.2) is 72.8 Å². The number of hydrogen-bond acceptors (Lipinski definition) is 4. The van der Waals surface area contributed by atoms with Gasteiger partial charge in [-0.25, -0.2) is 0 Å². The highest BCUT2D eigenvalue weighted by Gasteiger charge is 2.45. The summed E-state index contributed by atoms with van der Waals surface area (Å²) < 4.78 is 18.2. The second-order valence-electron chi connectivity index (χ2n) is 9.94. The molecule has 186 valence electrons. The number of ether oxygens (including phenoxy) is 3. The molecule has 0 aliphatic carbocycles. The monoisotopic (exact) mass is 493 g/mol. The molecule has 0 spiro atoms. The van der Waals surface area contributed by atoms with Gasteiger partial charge in [-0.05, 0) is 69.1 Å². The van der Waals surface area contributed by atoms with E-state index in [-0.39, 0.29) is 24.2 Å². The molecule has 3 aromatic carbocycles. The highest BCUT2D eigenvalue weighted by atomic mass is 35.5. The standard InChI is InChI=1S/C30H35NO3.ClH/c1-30(2)29(23-9-5-4-6-10-23)28(26-16-15-25(32-3)21-27(26)34-30)22-11-13-24(14-12-22)33-20-19-31-17-7-8-18-31;/h4-6,9-16,21,28-29H,7-8,17-20H2,1-3H3;1H/t28-,29-;/m1./s1. The Morgan fingerprint density at radius 1 is 0.886 bits per heavy atom. The summed E-state index contributed by atoms with van der Waals surface area (Å²) in [5.74, 6) is 2.96. The van der Waals surface area contributed by atoms with E-state index in [1.54, 1.807) is 7.11 Å². The summed E-state index contributed by atoms with van der Waals surface area (Å²) in [6, 6.07) is 25.6. The molecule has 0 radical (unpaired) electrons. The Bertz CT molecular complexity index is 1090. The van der Waals surface area contributed by atoms with Crippen LogP contribution in [-0.4, -0.2) is 43.9 Å². The molecule has 35 heavy (non-hydrogen) atoms. The third kappa shape index (κ3) is 5.44. The third-order valence-electron chi connectivity index (χ3n) is 7.28. The van der Waals surface area contributed by atoms with E-state index in [1.807, 2.05) is 12.1 Å².